The summed E-state index contributed by atoms with van der Waals surface area (Å²) in [4.78, 5) is 10.8. The quantitative estimate of drug-likeness (QED) is 0.665. The average molecular weight is 193 g/mol. The summed E-state index contributed by atoms with van der Waals surface area (Å²) >= 11 is 0. The van der Waals surface area contributed by atoms with E-state index in [4.69, 9.17) is 0 Å². The normalized spacial score (nSPS) is 11.2. The van der Waals surface area contributed by atoms with Crippen LogP contribution in [0.5, 0.6) is 0 Å². The van der Waals surface area contributed by atoms with E-state index in [-0.39, 0.29) is 18.2 Å². The van der Waals surface area contributed by atoms with Gasteiger partial charge in [-0.05, 0) is 6.42 Å². The number of hydrogen-bond donors (Lipinski definition) is 1. The third-order valence-corrected chi connectivity index (χ3v) is 2.22. The van der Waals surface area contributed by atoms with Crippen molar-refractivity contribution in [2.24, 2.45) is 0 Å². The van der Waals surface area contributed by atoms with Gasteiger partial charge in [0.1, 0.15) is 9.84 Å². The molecule has 12 heavy (non-hydrogen) atoms. The molecule has 5 heteroatoms. The molecule has 0 aromatic carbocycles. The van der Waals surface area contributed by atoms with Crippen LogP contribution in [0, 0.1) is 0 Å². The molecule has 0 saturated carbocycles. The first kappa shape index (κ1) is 11.4. The molecule has 0 aliphatic carbocycles. The first-order valence-electron chi connectivity index (χ1n) is 3.90. The molecule has 0 bridgehead atoms. The molecular formula is C7H15NO3S. The van der Waals surface area contributed by atoms with Gasteiger partial charge in [-0.15, -0.1) is 0 Å². The molecule has 0 unspecified atom stereocenters. The lowest BCUT2D eigenvalue weighted by Crippen LogP contribution is -2.28. The van der Waals surface area contributed by atoms with E-state index < -0.39 is 9.84 Å². The molecule has 72 valence electrons. The van der Waals surface area contributed by atoms with E-state index in [2.05, 4.69) is 5.32 Å². The molecule has 0 saturated heterocycles. The predicted molar refractivity (Wildman–Crippen MR) is 47.6 cm³/mol. The Balaban J connectivity index is 3.51. The van der Waals surface area contributed by atoms with E-state index in [1.165, 1.54) is 0 Å². The van der Waals surface area contributed by atoms with Crippen LogP contribution in [0.25, 0.3) is 0 Å². The van der Waals surface area contributed by atoms with Crippen LogP contribution in [-0.4, -0.2) is 32.9 Å². The maximum atomic E-state index is 10.8. The average Bonchev–Trinajstić information content (AvgIpc) is 1.84. The Labute approximate surface area is 73.3 Å². The van der Waals surface area contributed by atoms with Crippen LogP contribution < -0.4 is 5.32 Å². The third-order valence-electron chi connectivity index (χ3n) is 1.27. The third kappa shape index (κ3) is 7.53. The van der Waals surface area contributed by atoms with Crippen LogP contribution in [0.1, 0.15) is 19.8 Å². The van der Waals surface area contributed by atoms with Gasteiger partial charge >= 0.3 is 0 Å². The smallest absolute Gasteiger partial charge is 0.220 e. The minimum absolute atomic E-state index is 0.0163. The van der Waals surface area contributed by atoms with E-state index in [1.807, 2.05) is 6.92 Å². The van der Waals surface area contributed by atoms with Crippen molar-refractivity contribution < 1.29 is 13.2 Å². The molecule has 1 N–H and O–H groups in total. The zero-order chi connectivity index (χ0) is 9.61. The van der Waals surface area contributed by atoms with E-state index in [0.717, 1.165) is 12.7 Å². The van der Waals surface area contributed by atoms with Gasteiger partial charge in [0.2, 0.25) is 5.91 Å². The minimum Gasteiger partial charge on any atom is -0.355 e. The van der Waals surface area contributed by atoms with Crippen LogP contribution in [0.3, 0.4) is 0 Å². The molecule has 0 aromatic heterocycles. The fraction of sp³-hybridized carbons (Fsp3) is 0.857. The molecule has 0 atom stereocenters. The summed E-state index contributed by atoms with van der Waals surface area (Å²) in [5, 5.41) is 2.52. The van der Waals surface area contributed by atoms with Gasteiger partial charge in [-0.3, -0.25) is 4.79 Å². The van der Waals surface area contributed by atoms with Gasteiger partial charge < -0.3 is 5.32 Å². The first-order chi connectivity index (χ1) is 5.45. The van der Waals surface area contributed by atoms with Gasteiger partial charge in [-0.2, -0.15) is 0 Å². The summed E-state index contributed by atoms with van der Waals surface area (Å²) in [6, 6.07) is 0. The van der Waals surface area contributed by atoms with Gasteiger partial charge in [0.05, 0.1) is 5.75 Å². The number of carbonyl (C=O) groups is 1. The number of amides is 1. The van der Waals surface area contributed by atoms with E-state index >= 15 is 0 Å². The Morgan fingerprint density at radius 1 is 1.42 bits per heavy atom. The second kappa shape index (κ2) is 5.13. The van der Waals surface area contributed by atoms with Crippen molar-refractivity contribution in [3.05, 3.63) is 0 Å². The zero-order valence-corrected chi connectivity index (χ0v) is 8.28. The van der Waals surface area contributed by atoms with Crippen molar-refractivity contribution in [1.82, 2.24) is 5.32 Å². The highest BCUT2D eigenvalue weighted by Crippen LogP contribution is 1.86. The highest BCUT2D eigenvalue weighted by molar-refractivity contribution is 7.90. The van der Waals surface area contributed by atoms with Gasteiger partial charge in [0.25, 0.3) is 0 Å². The number of carbonyl (C=O) groups excluding carboxylic acids is 1. The number of nitrogens with one attached hydrogen (secondary N) is 1. The first-order valence-corrected chi connectivity index (χ1v) is 5.96. The summed E-state index contributed by atoms with van der Waals surface area (Å²) in [5.74, 6) is -0.0659. The lowest BCUT2D eigenvalue weighted by Gasteiger charge is -2.01. The van der Waals surface area contributed by atoms with Crippen LogP contribution in [0.15, 0.2) is 0 Å². The Hall–Kier alpha value is -0.580. The number of sulfone groups is 1. The van der Waals surface area contributed by atoms with E-state index in [0.29, 0.717) is 6.42 Å². The Bertz CT molecular complexity index is 233. The van der Waals surface area contributed by atoms with E-state index in [9.17, 15) is 13.2 Å². The van der Waals surface area contributed by atoms with Crippen molar-refractivity contribution >= 4 is 15.7 Å². The van der Waals surface area contributed by atoms with Crippen molar-refractivity contribution in [3.63, 3.8) is 0 Å². The summed E-state index contributed by atoms with van der Waals surface area (Å²) in [7, 11) is -2.95. The van der Waals surface area contributed by atoms with Crippen molar-refractivity contribution in [2.45, 2.75) is 19.8 Å². The summed E-state index contributed by atoms with van der Waals surface area (Å²) < 4.78 is 21.2. The van der Waals surface area contributed by atoms with Crippen molar-refractivity contribution in [3.8, 4) is 0 Å². The highest BCUT2D eigenvalue weighted by Gasteiger charge is 2.03. The molecule has 0 fully saturated rings. The molecule has 0 aliphatic heterocycles. The van der Waals surface area contributed by atoms with Crippen molar-refractivity contribution in [2.75, 3.05) is 18.6 Å². The maximum Gasteiger partial charge on any atom is 0.220 e. The zero-order valence-electron chi connectivity index (χ0n) is 7.46. The lowest BCUT2D eigenvalue weighted by atomic mass is 10.3. The van der Waals surface area contributed by atoms with Gasteiger partial charge in [-0.25, -0.2) is 8.42 Å². The standard InChI is InChI=1S/C7H15NO3S/c1-3-4-7(9)8-5-6-12(2,10)11/h3-6H2,1-2H3,(H,8,9). The number of rotatable bonds is 5. The summed E-state index contributed by atoms with van der Waals surface area (Å²) in [5.41, 5.74) is 0. The SMILES string of the molecule is CCCC(=O)NCCS(C)(=O)=O. The predicted octanol–water partition coefficient (Wildman–Crippen LogP) is -0.0527. The van der Waals surface area contributed by atoms with Crippen molar-refractivity contribution in [1.29, 1.82) is 0 Å². The fourth-order valence-electron chi connectivity index (χ4n) is 0.691. The monoisotopic (exact) mass is 193 g/mol. The Kier molecular flexibility index (Phi) is 4.89. The molecule has 4 nitrogen and oxygen atoms in total. The molecule has 0 heterocycles. The molecule has 0 rings (SSSR count). The second-order valence-electron chi connectivity index (χ2n) is 2.73. The molecule has 0 radical (unpaired) electrons. The fourth-order valence-corrected chi connectivity index (χ4v) is 1.16. The molecule has 1 amide bonds. The van der Waals surface area contributed by atoms with Crippen LogP contribution >= 0.6 is 0 Å². The molecular weight excluding hydrogens is 178 g/mol. The molecule has 0 spiro atoms. The largest absolute Gasteiger partial charge is 0.355 e. The highest BCUT2D eigenvalue weighted by atomic mass is 32.2. The molecule has 0 aromatic rings. The maximum absolute atomic E-state index is 10.8. The summed E-state index contributed by atoms with van der Waals surface area (Å²) in [6.07, 6.45) is 2.40. The van der Waals surface area contributed by atoms with Gasteiger partial charge in [-0.1, -0.05) is 6.92 Å². The minimum atomic E-state index is -2.95. The topological polar surface area (TPSA) is 63.2 Å². The Morgan fingerprint density at radius 3 is 2.42 bits per heavy atom. The van der Waals surface area contributed by atoms with Crippen LogP contribution in [-0.2, 0) is 14.6 Å². The van der Waals surface area contributed by atoms with Gasteiger partial charge in [0.15, 0.2) is 0 Å². The van der Waals surface area contributed by atoms with Crippen LogP contribution in [0.2, 0.25) is 0 Å². The second-order valence-corrected chi connectivity index (χ2v) is 4.99. The van der Waals surface area contributed by atoms with E-state index in [1.54, 1.807) is 0 Å². The summed E-state index contributed by atoms with van der Waals surface area (Å²) in [6.45, 7) is 2.12. The molecule has 0 aliphatic rings. The van der Waals surface area contributed by atoms with Crippen LogP contribution in [0.4, 0.5) is 0 Å². The van der Waals surface area contributed by atoms with Gasteiger partial charge in [0, 0.05) is 19.2 Å². The number of hydrogen-bond acceptors (Lipinski definition) is 3. The Morgan fingerprint density at radius 2 is 2.00 bits per heavy atom. The lowest BCUT2D eigenvalue weighted by molar-refractivity contribution is -0.120.